The minimum atomic E-state index is -0.250. The Kier molecular flexibility index (Phi) is 8.21. The van der Waals surface area contributed by atoms with Crippen LogP contribution in [-0.2, 0) is 9.59 Å². The number of fused-ring (bicyclic) bond motifs is 1. The van der Waals surface area contributed by atoms with Gasteiger partial charge in [0.25, 0.3) is 12.9 Å². The normalized spacial score (nSPS) is 13.5. The third-order valence-electron chi connectivity index (χ3n) is 5.92. The second-order valence-corrected chi connectivity index (χ2v) is 8.18. The Hall–Kier alpha value is -4.19. The third-order valence-corrected chi connectivity index (χ3v) is 5.92. The first-order valence-electron chi connectivity index (χ1n) is 11.0. The van der Waals surface area contributed by atoms with Gasteiger partial charge in [-0.05, 0) is 51.6 Å². The molecule has 1 saturated heterocycles. The van der Waals surface area contributed by atoms with Gasteiger partial charge in [0.15, 0.2) is 0 Å². The van der Waals surface area contributed by atoms with Crippen LogP contribution in [0.15, 0.2) is 30.9 Å². The third kappa shape index (κ3) is 5.49. The molecule has 4 heterocycles. The van der Waals surface area contributed by atoms with Crippen LogP contribution in [0.1, 0.15) is 17.0 Å². The van der Waals surface area contributed by atoms with Gasteiger partial charge in [0.1, 0.15) is 18.5 Å². The molecular formula is C23H30N8O4. The Morgan fingerprint density at radius 3 is 2.14 bits per heavy atom. The number of piperazine rings is 1. The van der Waals surface area contributed by atoms with Crippen molar-refractivity contribution in [2.24, 2.45) is 0 Å². The van der Waals surface area contributed by atoms with Gasteiger partial charge in [-0.1, -0.05) is 0 Å². The maximum atomic E-state index is 8.36. The summed E-state index contributed by atoms with van der Waals surface area (Å²) in [4.78, 5) is 30.1. The van der Waals surface area contributed by atoms with Crippen LogP contribution >= 0.6 is 0 Å². The molecule has 5 rings (SSSR count). The molecule has 3 aromatic heterocycles. The summed E-state index contributed by atoms with van der Waals surface area (Å²) in [5.74, 6) is 0.894. The van der Waals surface area contributed by atoms with Crippen LogP contribution in [0.5, 0.6) is 0 Å². The zero-order valence-corrected chi connectivity index (χ0v) is 20.2. The Labute approximate surface area is 202 Å². The van der Waals surface area contributed by atoms with Crippen molar-refractivity contribution >= 4 is 29.7 Å². The van der Waals surface area contributed by atoms with E-state index in [1.807, 2.05) is 4.68 Å². The Morgan fingerprint density at radius 1 is 0.943 bits per heavy atom. The van der Waals surface area contributed by atoms with Gasteiger partial charge in [0.05, 0.1) is 11.0 Å². The number of aromatic nitrogens is 6. The molecule has 35 heavy (non-hydrogen) atoms. The van der Waals surface area contributed by atoms with E-state index >= 15 is 0 Å². The quantitative estimate of drug-likeness (QED) is 0.373. The number of benzene rings is 1. The van der Waals surface area contributed by atoms with E-state index in [0.717, 1.165) is 60.0 Å². The lowest BCUT2D eigenvalue weighted by Crippen LogP contribution is -2.44. The molecule has 0 aliphatic carbocycles. The highest BCUT2D eigenvalue weighted by atomic mass is 16.3. The topological polar surface area (TPSA) is 145 Å². The number of anilines is 1. The molecule has 0 radical (unpaired) electrons. The second kappa shape index (κ2) is 11.3. The summed E-state index contributed by atoms with van der Waals surface area (Å²) in [6.07, 6.45) is 3.41. The van der Waals surface area contributed by atoms with Gasteiger partial charge in [-0.15, -0.1) is 10.2 Å². The minimum absolute atomic E-state index is 0.250. The number of imidazole rings is 1. The molecule has 1 fully saturated rings. The molecule has 0 saturated carbocycles. The minimum Gasteiger partial charge on any atom is -0.483 e. The van der Waals surface area contributed by atoms with Crippen molar-refractivity contribution in [2.45, 2.75) is 20.8 Å². The number of H-pyrrole nitrogens is 1. The first kappa shape index (κ1) is 25.4. The first-order valence-corrected chi connectivity index (χ1v) is 11.0. The van der Waals surface area contributed by atoms with Crippen LogP contribution in [0.2, 0.25) is 0 Å². The molecule has 0 amide bonds. The largest absolute Gasteiger partial charge is 0.483 e. The van der Waals surface area contributed by atoms with E-state index in [1.54, 1.807) is 12.7 Å². The number of aryl methyl sites for hydroxylation is 2. The lowest BCUT2D eigenvalue weighted by atomic mass is 10.1. The number of hydrogen-bond donors (Lipinski definition) is 3. The van der Waals surface area contributed by atoms with Crippen molar-refractivity contribution in [2.75, 3.05) is 38.1 Å². The Balaban J connectivity index is 0.000000520. The van der Waals surface area contributed by atoms with Crippen LogP contribution in [-0.4, -0.2) is 90.8 Å². The van der Waals surface area contributed by atoms with E-state index in [-0.39, 0.29) is 12.9 Å². The average molecular weight is 483 g/mol. The standard InChI is InChI=1S/C21H26N8.2CH2O2/c1-14-9-17(27-7-5-26(4)6-8-27)11-19-20(14)25-21(24-19)18-10-15(2)29(16(18)3)28-12-22-23-13-28;2*2-1-3/h9-13H,5-8H2,1-4H3,(H,24,25);2*1H,(H,2,3). The molecule has 0 spiro atoms. The number of carbonyl (C=O) groups is 2. The predicted molar refractivity (Wildman–Crippen MR) is 132 cm³/mol. The highest BCUT2D eigenvalue weighted by Crippen LogP contribution is 2.30. The second-order valence-electron chi connectivity index (χ2n) is 8.18. The lowest BCUT2D eigenvalue weighted by Gasteiger charge is -2.34. The zero-order chi connectivity index (χ0) is 25.5. The smallest absolute Gasteiger partial charge is 0.290 e. The molecule has 12 nitrogen and oxygen atoms in total. The SMILES string of the molecule is Cc1cc(N2CCN(C)CC2)cc2[nH]c(-c3cc(C)n(-n4cnnc4)c3C)nc12.O=CO.O=CO. The van der Waals surface area contributed by atoms with Crippen LogP contribution in [0.3, 0.4) is 0 Å². The van der Waals surface area contributed by atoms with E-state index in [9.17, 15) is 0 Å². The molecule has 12 heteroatoms. The molecule has 4 aromatic rings. The molecule has 1 aromatic carbocycles. The van der Waals surface area contributed by atoms with E-state index < -0.39 is 0 Å². The summed E-state index contributed by atoms with van der Waals surface area (Å²) in [5.41, 5.74) is 7.88. The summed E-state index contributed by atoms with van der Waals surface area (Å²) in [5, 5.41) is 21.6. The number of nitrogens with one attached hydrogen (secondary N) is 1. The van der Waals surface area contributed by atoms with Gasteiger partial charge in [-0.25, -0.2) is 9.66 Å². The Bertz CT molecular complexity index is 1260. The Morgan fingerprint density at radius 2 is 1.54 bits per heavy atom. The molecule has 0 atom stereocenters. The number of carboxylic acid groups (broad SMARTS) is 2. The van der Waals surface area contributed by atoms with Crippen molar-refractivity contribution in [3.8, 4) is 11.4 Å². The molecule has 3 N–H and O–H groups in total. The number of aromatic amines is 1. The van der Waals surface area contributed by atoms with E-state index in [1.165, 1.54) is 11.3 Å². The maximum Gasteiger partial charge on any atom is 0.290 e. The van der Waals surface area contributed by atoms with Crippen molar-refractivity contribution in [3.63, 3.8) is 0 Å². The fourth-order valence-corrected chi connectivity index (χ4v) is 4.29. The average Bonchev–Trinajstić information content (AvgIpc) is 3.55. The summed E-state index contributed by atoms with van der Waals surface area (Å²) in [6, 6.07) is 6.66. The fourth-order valence-electron chi connectivity index (χ4n) is 4.29. The zero-order valence-electron chi connectivity index (χ0n) is 20.2. The highest BCUT2D eigenvalue weighted by Gasteiger charge is 2.19. The predicted octanol–water partition coefficient (Wildman–Crippen LogP) is 2.01. The molecule has 1 aliphatic rings. The highest BCUT2D eigenvalue weighted by molar-refractivity contribution is 5.86. The van der Waals surface area contributed by atoms with Gasteiger partial charge in [0, 0.05) is 48.8 Å². The number of hydrogen-bond acceptors (Lipinski definition) is 7. The van der Waals surface area contributed by atoms with Gasteiger partial charge in [-0.2, -0.15) is 0 Å². The number of nitrogens with zero attached hydrogens (tertiary/aromatic N) is 7. The molecule has 0 unspecified atom stereocenters. The van der Waals surface area contributed by atoms with Crippen molar-refractivity contribution in [3.05, 3.63) is 47.8 Å². The first-order chi connectivity index (χ1) is 16.8. The van der Waals surface area contributed by atoms with Crippen LogP contribution < -0.4 is 4.90 Å². The number of likely N-dealkylation sites (N-methyl/N-ethyl adjacent to an activating group) is 1. The maximum absolute atomic E-state index is 8.36. The van der Waals surface area contributed by atoms with Gasteiger partial charge >= 0.3 is 0 Å². The van der Waals surface area contributed by atoms with Gasteiger partial charge in [0.2, 0.25) is 0 Å². The van der Waals surface area contributed by atoms with Crippen LogP contribution in [0.4, 0.5) is 5.69 Å². The summed E-state index contributed by atoms with van der Waals surface area (Å²) in [6.45, 7) is 10.1. The summed E-state index contributed by atoms with van der Waals surface area (Å²) >= 11 is 0. The molecule has 0 bridgehead atoms. The summed E-state index contributed by atoms with van der Waals surface area (Å²) in [7, 11) is 2.18. The molecule has 1 aliphatic heterocycles. The molecule has 186 valence electrons. The van der Waals surface area contributed by atoms with Gasteiger partial charge < -0.3 is 25.0 Å². The van der Waals surface area contributed by atoms with E-state index in [0.29, 0.717) is 0 Å². The van der Waals surface area contributed by atoms with Crippen LogP contribution in [0, 0.1) is 20.8 Å². The van der Waals surface area contributed by atoms with Crippen molar-refractivity contribution in [1.29, 1.82) is 0 Å². The van der Waals surface area contributed by atoms with Crippen LogP contribution in [0.25, 0.3) is 22.4 Å². The van der Waals surface area contributed by atoms with E-state index in [2.05, 4.69) is 75.7 Å². The van der Waals surface area contributed by atoms with E-state index in [4.69, 9.17) is 24.8 Å². The number of rotatable bonds is 3. The van der Waals surface area contributed by atoms with Crippen molar-refractivity contribution < 1.29 is 19.8 Å². The summed E-state index contributed by atoms with van der Waals surface area (Å²) < 4.78 is 3.97. The molecular weight excluding hydrogens is 452 g/mol. The van der Waals surface area contributed by atoms with Crippen molar-refractivity contribution in [1.82, 2.24) is 34.4 Å². The fraction of sp³-hybridized carbons (Fsp3) is 0.348. The monoisotopic (exact) mass is 482 g/mol. The lowest BCUT2D eigenvalue weighted by molar-refractivity contribution is -0.123. The van der Waals surface area contributed by atoms with Gasteiger partial charge in [-0.3, -0.25) is 14.3 Å².